The van der Waals surface area contributed by atoms with Gasteiger partial charge in [0.05, 0.1) is 6.61 Å². The fourth-order valence-electron chi connectivity index (χ4n) is 4.80. The van der Waals surface area contributed by atoms with Gasteiger partial charge in [-0.15, -0.1) is 0 Å². The highest BCUT2D eigenvalue weighted by Crippen LogP contribution is 2.32. The Bertz CT molecular complexity index is 726. The molecule has 0 amide bonds. The Hall–Kier alpha value is -1.90. The number of unbranched alkanes of at least 4 members (excludes halogenated alkanes) is 5. The number of benzene rings is 1. The first-order chi connectivity index (χ1) is 15.3. The summed E-state index contributed by atoms with van der Waals surface area (Å²) in [4.78, 5) is 9.18. The molecule has 2 unspecified atom stereocenters. The summed E-state index contributed by atoms with van der Waals surface area (Å²) in [6, 6.07) is 8.24. The van der Waals surface area contributed by atoms with Crippen LogP contribution in [0.3, 0.4) is 0 Å². The molecule has 3 rings (SSSR count). The monoisotopic (exact) mass is 422 g/mol. The number of aromatic nitrogens is 2. The highest BCUT2D eigenvalue weighted by atomic mass is 16.5. The molecule has 0 spiro atoms. The summed E-state index contributed by atoms with van der Waals surface area (Å²) in [5.41, 5.74) is 2.29. The van der Waals surface area contributed by atoms with E-state index in [1.807, 2.05) is 24.5 Å². The molecule has 2 atom stereocenters. The zero-order valence-electron chi connectivity index (χ0n) is 19.8. The van der Waals surface area contributed by atoms with Gasteiger partial charge in [0.1, 0.15) is 5.75 Å². The molecule has 170 valence electrons. The van der Waals surface area contributed by atoms with E-state index < -0.39 is 0 Å². The van der Waals surface area contributed by atoms with Crippen molar-refractivity contribution in [1.82, 2.24) is 9.97 Å². The van der Waals surface area contributed by atoms with E-state index in [9.17, 15) is 0 Å². The van der Waals surface area contributed by atoms with Crippen LogP contribution in [0.2, 0.25) is 0 Å². The SMILES string of the molecule is CCCCCCCCc1cnc(-c2ccc(OCCCC3CCCCC3C)cc2)nc1. The lowest BCUT2D eigenvalue weighted by atomic mass is 9.78. The van der Waals surface area contributed by atoms with Gasteiger partial charge in [0.2, 0.25) is 0 Å². The van der Waals surface area contributed by atoms with Crippen molar-refractivity contribution in [3.8, 4) is 17.1 Å². The van der Waals surface area contributed by atoms with Gasteiger partial charge in [-0.25, -0.2) is 9.97 Å². The number of nitrogens with zero attached hydrogens (tertiary/aromatic N) is 2. The predicted molar refractivity (Wildman–Crippen MR) is 130 cm³/mol. The van der Waals surface area contributed by atoms with Crippen LogP contribution in [0.15, 0.2) is 36.7 Å². The lowest BCUT2D eigenvalue weighted by Crippen LogP contribution is -2.17. The lowest BCUT2D eigenvalue weighted by Gasteiger charge is -2.28. The largest absolute Gasteiger partial charge is 0.494 e. The zero-order valence-corrected chi connectivity index (χ0v) is 19.8. The van der Waals surface area contributed by atoms with Crippen LogP contribution < -0.4 is 4.74 Å². The number of hydrogen-bond donors (Lipinski definition) is 0. The summed E-state index contributed by atoms with van der Waals surface area (Å²) in [6.45, 7) is 5.50. The standard InChI is InChI=1S/C28H42N2O/c1-3-4-5-6-7-8-13-24-21-29-28(30-22-24)26-16-18-27(19-17-26)31-20-11-15-25-14-10-9-12-23(25)2/h16-19,21-23,25H,3-15,20H2,1-2H3. The van der Waals surface area contributed by atoms with Gasteiger partial charge in [-0.05, 0) is 67.3 Å². The normalized spacial score (nSPS) is 18.8. The Balaban J connectivity index is 1.37. The second-order valence-electron chi connectivity index (χ2n) is 9.47. The van der Waals surface area contributed by atoms with Crippen molar-refractivity contribution in [3.63, 3.8) is 0 Å². The molecule has 2 aromatic rings. The van der Waals surface area contributed by atoms with E-state index >= 15 is 0 Å². The Labute approximate surface area is 190 Å². The Morgan fingerprint density at radius 1 is 0.871 bits per heavy atom. The molecule has 0 bridgehead atoms. The molecule has 1 aromatic heterocycles. The summed E-state index contributed by atoms with van der Waals surface area (Å²) >= 11 is 0. The molecule has 0 aliphatic heterocycles. The molecule has 31 heavy (non-hydrogen) atoms. The third kappa shape index (κ3) is 8.27. The first-order valence-electron chi connectivity index (χ1n) is 12.8. The van der Waals surface area contributed by atoms with Crippen LogP contribution in [0.4, 0.5) is 0 Å². The van der Waals surface area contributed by atoms with E-state index in [4.69, 9.17) is 4.74 Å². The van der Waals surface area contributed by atoms with Crippen LogP contribution in [0.1, 0.15) is 96.5 Å². The van der Waals surface area contributed by atoms with E-state index in [-0.39, 0.29) is 0 Å². The summed E-state index contributed by atoms with van der Waals surface area (Å²) < 4.78 is 5.98. The number of aryl methyl sites for hydroxylation is 1. The molecule has 0 saturated heterocycles. The predicted octanol–water partition coefficient (Wildman–Crippen LogP) is 8.03. The topological polar surface area (TPSA) is 35.0 Å². The van der Waals surface area contributed by atoms with Crippen LogP contribution >= 0.6 is 0 Å². The van der Waals surface area contributed by atoms with E-state index in [0.717, 1.165) is 48.4 Å². The second kappa shape index (κ2) is 13.5. The molecular weight excluding hydrogens is 380 g/mol. The Morgan fingerprint density at radius 3 is 2.32 bits per heavy atom. The Kier molecular flexibility index (Phi) is 10.3. The number of ether oxygens (including phenoxy) is 1. The van der Waals surface area contributed by atoms with Crippen LogP contribution in [0.5, 0.6) is 5.75 Å². The maximum atomic E-state index is 5.98. The lowest BCUT2D eigenvalue weighted by molar-refractivity contribution is 0.217. The number of rotatable bonds is 13. The quantitative estimate of drug-likeness (QED) is 0.306. The van der Waals surface area contributed by atoms with Crippen molar-refractivity contribution >= 4 is 0 Å². The van der Waals surface area contributed by atoms with Gasteiger partial charge < -0.3 is 4.74 Å². The van der Waals surface area contributed by atoms with Crippen molar-refractivity contribution in [2.45, 2.75) is 97.3 Å². The minimum Gasteiger partial charge on any atom is -0.494 e. The fraction of sp³-hybridized carbons (Fsp3) is 0.643. The van der Waals surface area contributed by atoms with Crippen LogP contribution in [0, 0.1) is 11.8 Å². The van der Waals surface area contributed by atoms with E-state index in [1.165, 1.54) is 76.2 Å². The average molecular weight is 423 g/mol. The van der Waals surface area contributed by atoms with Gasteiger partial charge in [-0.1, -0.05) is 71.6 Å². The molecule has 1 saturated carbocycles. The smallest absolute Gasteiger partial charge is 0.159 e. The first kappa shape index (κ1) is 23.8. The van der Waals surface area contributed by atoms with Gasteiger partial charge in [0.25, 0.3) is 0 Å². The van der Waals surface area contributed by atoms with Crippen molar-refractivity contribution < 1.29 is 4.74 Å². The van der Waals surface area contributed by atoms with Crippen LogP contribution in [-0.2, 0) is 6.42 Å². The van der Waals surface area contributed by atoms with Crippen molar-refractivity contribution in [2.75, 3.05) is 6.61 Å². The van der Waals surface area contributed by atoms with Gasteiger partial charge in [-0.3, -0.25) is 0 Å². The molecule has 3 nitrogen and oxygen atoms in total. The second-order valence-corrected chi connectivity index (χ2v) is 9.47. The van der Waals surface area contributed by atoms with E-state index in [1.54, 1.807) is 0 Å². The van der Waals surface area contributed by atoms with E-state index in [0.29, 0.717) is 0 Å². The molecule has 1 heterocycles. The van der Waals surface area contributed by atoms with Gasteiger partial charge in [0.15, 0.2) is 5.82 Å². The van der Waals surface area contributed by atoms with Gasteiger partial charge in [0, 0.05) is 18.0 Å². The Morgan fingerprint density at radius 2 is 1.58 bits per heavy atom. The van der Waals surface area contributed by atoms with E-state index in [2.05, 4.69) is 35.9 Å². The minimum absolute atomic E-state index is 0.796. The summed E-state index contributed by atoms with van der Waals surface area (Å²) in [7, 11) is 0. The van der Waals surface area contributed by atoms with Gasteiger partial charge >= 0.3 is 0 Å². The third-order valence-corrected chi connectivity index (χ3v) is 6.91. The van der Waals surface area contributed by atoms with Crippen LogP contribution in [0.25, 0.3) is 11.4 Å². The molecular formula is C28H42N2O. The summed E-state index contributed by atoms with van der Waals surface area (Å²) in [5.74, 6) is 3.54. The fourth-order valence-corrected chi connectivity index (χ4v) is 4.80. The third-order valence-electron chi connectivity index (χ3n) is 6.91. The maximum Gasteiger partial charge on any atom is 0.159 e. The van der Waals surface area contributed by atoms with Gasteiger partial charge in [-0.2, -0.15) is 0 Å². The highest BCUT2D eigenvalue weighted by Gasteiger charge is 2.20. The number of hydrogen-bond acceptors (Lipinski definition) is 3. The van der Waals surface area contributed by atoms with Crippen LogP contribution in [-0.4, -0.2) is 16.6 Å². The maximum absolute atomic E-state index is 5.98. The molecule has 1 aliphatic rings. The molecule has 0 N–H and O–H groups in total. The zero-order chi connectivity index (χ0) is 21.7. The molecule has 1 aliphatic carbocycles. The minimum atomic E-state index is 0.796. The van der Waals surface area contributed by atoms with Crippen molar-refractivity contribution in [3.05, 3.63) is 42.2 Å². The highest BCUT2D eigenvalue weighted by molar-refractivity contribution is 5.55. The van der Waals surface area contributed by atoms with Crippen molar-refractivity contribution in [2.24, 2.45) is 11.8 Å². The molecule has 0 radical (unpaired) electrons. The summed E-state index contributed by atoms with van der Waals surface area (Å²) in [5, 5.41) is 0. The molecule has 1 fully saturated rings. The summed E-state index contributed by atoms with van der Waals surface area (Å²) in [6.07, 6.45) is 21.1. The first-order valence-corrected chi connectivity index (χ1v) is 12.8. The molecule has 3 heteroatoms. The average Bonchev–Trinajstić information content (AvgIpc) is 2.81. The molecule has 1 aromatic carbocycles. The van der Waals surface area contributed by atoms with Crippen molar-refractivity contribution in [1.29, 1.82) is 0 Å².